The topological polar surface area (TPSA) is 66.6 Å². The van der Waals surface area contributed by atoms with Gasteiger partial charge in [-0.3, -0.25) is 9.69 Å². The fourth-order valence-electron chi connectivity index (χ4n) is 2.37. The number of urea groups is 1. The van der Waals surface area contributed by atoms with E-state index in [9.17, 15) is 14.0 Å². The number of nitrogens with zero attached hydrogens (tertiary/aromatic N) is 2. The van der Waals surface area contributed by atoms with Crippen molar-refractivity contribution in [1.29, 1.82) is 0 Å². The molecule has 5 nitrogen and oxygen atoms in total. The molecule has 0 atom stereocenters. The first-order chi connectivity index (χ1) is 9.11. The van der Waals surface area contributed by atoms with Crippen LogP contribution in [0.15, 0.2) is 24.3 Å². The van der Waals surface area contributed by atoms with E-state index in [1.165, 1.54) is 29.2 Å². The molecule has 0 spiro atoms. The Bertz CT molecular complexity index is 455. The van der Waals surface area contributed by atoms with Gasteiger partial charge in [-0.05, 0) is 37.1 Å². The molecule has 1 aliphatic heterocycles. The van der Waals surface area contributed by atoms with E-state index in [0.717, 1.165) is 6.41 Å². The van der Waals surface area contributed by atoms with Gasteiger partial charge < -0.3 is 10.6 Å². The number of hydrogen-bond acceptors (Lipinski definition) is 2. The van der Waals surface area contributed by atoms with E-state index >= 15 is 0 Å². The summed E-state index contributed by atoms with van der Waals surface area (Å²) in [4.78, 5) is 25.4. The summed E-state index contributed by atoms with van der Waals surface area (Å²) in [6, 6.07) is 5.05. The first kappa shape index (κ1) is 13.3. The third-order valence-corrected chi connectivity index (χ3v) is 3.36. The van der Waals surface area contributed by atoms with Crippen molar-refractivity contribution < 1.29 is 14.0 Å². The Morgan fingerprint density at radius 2 is 1.89 bits per heavy atom. The highest BCUT2D eigenvalue weighted by Gasteiger charge is 2.27. The van der Waals surface area contributed by atoms with Crippen LogP contribution in [0.5, 0.6) is 0 Å². The Kier molecular flexibility index (Phi) is 3.99. The normalized spacial score (nSPS) is 16.2. The third kappa shape index (κ3) is 3.01. The quantitative estimate of drug-likeness (QED) is 0.838. The van der Waals surface area contributed by atoms with Crippen LogP contribution in [0.3, 0.4) is 0 Å². The zero-order valence-corrected chi connectivity index (χ0v) is 10.5. The molecule has 6 heteroatoms. The van der Waals surface area contributed by atoms with Crippen LogP contribution < -0.4 is 10.6 Å². The van der Waals surface area contributed by atoms with Crippen molar-refractivity contribution in [3.63, 3.8) is 0 Å². The second-order valence-corrected chi connectivity index (χ2v) is 4.56. The molecule has 1 fully saturated rings. The summed E-state index contributed by atoms with van der Waals surface area (Å²) in [5.41, 5.74) is 6.00. The molecule has 2 rings (SSSR count). The molecule has 0 aromatic heterocycles. The number of nitrogens with two attached hydrogens (primary N) is 1. The molecule has 1 aromatic rings. The molecule has 0 saturated carbocycles. The molecule has 1 saturated heterocycles. The average Bonchev–Trinajstić information content (AvgIpc) is 2.42. The van der Waals surface area contributed by atoms with Crippen molar-refractivity contribution in [3.8, 4) is 0 Å². The van der Waals surface area contributed by atoms with E-state index in [0.29, 0.717) is 31.6 Å². The second kappa shape index (κ2) is 5.69. The average molecular weight is 265 g/mol. The number of hydrogen-bond donors (Lipinski definition) is 1. The number of carbonyl (C=O) groups is 2. The summed E-state index contributed by atoms with van der Waals surface area (Å²) in [5, 5.41) is 0. The molecule has 3 amide bonds. The lowest BCUT2D eigenvalue weighted by Gasteiger charge is -2.36. The number of primary amides is 1. The van der Waals surface area contributed by atoms with Gasteiger partial charge in [0.25, 0.3) is 0 Å². The summed E-state index contributed by atoms with van der Waals surface area (Å²) < 4.78 is 12.9. The van der Waals surface area contributed by atoms with Gasteiger partial charge in [0.15, 0.2) is 0 Å². The van der Waals surface area contributed by atoms with Gasteiger partial charge in [0.1, 0.15) is 5.82 Å². The zero-order chi connectivity index (χ0) is 13.8. The van der Waals surface area contributed by atoms with Gasteiger partial charge in [-0.25, -0.2) is 9.18 Å². The molecule has 0 bridgehead atoms. The minimum atomic E-state index is -0.559. The smallest absolute Gasteiger partial charge is 0.319 e. The summed E-state index contributed by atoms with van der Waals surface area (Å²) in [5.74, 6) is -0.357. The van der Waals surface area contributed by atoms with Gasteiger partial charge in [-0.15, -0.1) is 0 Å². The zero-order valence-electron chi connectivity index (χ0n) is 10.5. The Morgan fingerprint density at radius 1 is 1.32 bits per heavy atom. The predicted octanol–water partition coefficient (Wildman–Crippen LogP) is 1.33. The summed E-state index contributed by atoms with van der Waals surface area (Å²) in [6.07, 6.45) is 2.14. The summed E-state index contributed by atoms with van der Waals surface area (Å²) in [6.45, 7) is 1.19. The minimum absolute atomic E-state index is 0.0563. The van der Waals surface area contributed by atoms with Gasteiger partial charge in [0.05, 0.1) is 0 Å². The van der Waals surface area contributed by atoms with Gasteiger partial charge in [-0.1, -0.05) is 0 Å². The van der Waals surface area contributed by atoms with Crippen LogP contribution in [-0.2, 0) is 4.79 Å². The standard InChI is InChI=1S/C13H16FN3O2/c14-10-1-3-11(4-2-10)17(13(15)19)12-5-7-16(9-18)8-6-12/h1-4,9,12H,5-8H2,(H2,15,19). The van der Waals surface area contributed by atoms with E-state index in [1.807, 2.05) is 0 Å². The lowest BCUT2D eigenvalue weighted by Crippen LogP contribution is -2.49. The van der Waals surface area contributed by atoms with Gasteiger partial charge in [-0.2, -0.15) is 0 Å². The number of piperidine rings is 1. The molecule has 0 aliphatic carbocycles. The van der Waals surface area contributed by atoms with Crippen LogP contribution in [-0.4, -0.2) is 36.5 Å². The number of benzene rings is 1. The molecular weight excluding hydrogens is 249 g/mol. The van der Waals surface area contributed by atoms with Crippen molar-refractivity contribution in [2.75, 3.05) is 18.0 Å². The highest BCUT2D eigenvalue weighted by atomic mass is 19.1. The fraction of sp³-hybridized carbons (Fsp3) is 0.385. The second-order valence-electron chi connectivity index (χ2n) is 4.56. The monoisotopic (exact) mass is 265 g/mol. The van der Waals surface area contributed by atoms with Crippen LogP contribution in [0.2, 0.25) is 0 Å². The molecule has 1 aromatic carbocycles. The first-order valence-electron chi connectivity index (χ1n) is 6.15. The molecular formula is C13H16FN3O2. The Labute approximate surface area is 110 Å². The van der Waals surface area contributed by atoms with E-state index in [2.05, 4.69) is 0 Å². The van der Waals surface area contributed by atoms with Gasteiger partial charge in [0.2, 0.25) is 6.41 Å². The predicted molar refractivity (Wildman–Crippen MR) is 69.1 cm³/mol. The van der Waals surface area contributed by atoms with Crippen LogP contribution in [0.25, 0.3) is 0 Å². The van der Waals surface area contributed by atoms with Crippen molar-refractivity contribution in [1.82, 2.24) is 4.90 Å². The highest BCUT2D eigenvalue weighted by Crippen LogP contribution is 2.23. The number of amides is 3. The minimum Gasteiger partial charge on any atom is -0.351 e. The van der Waals surface area contributed by atoms with Crippen LogP contribution >= 0.6 is 0 Å². The maximum Gasteiger partial charge on any atom is 0.319 e. The van der Waals surface area contributed by atoms with Gasteiger partial charge in [0, 0.05) is 24.8 Å². The number of halogens is 1. The number of likely N-dealkylation sites (tertiary alicyclic amines) is 1. The Hall–Kier alpha value is -2.11. The Morgan fingerprint density at radius 3 is 2.37 bits per heavy atom. The van der Waals surface area contributed by atoms with Crippen molar-refractivity contribution in [2.45, 2.75) is 18.9 Å². The lowest BCUT2D eigenvalue weighted by atomic mass is 10.0. The van der Waals surface area contributed by atoms with Crippen LogP contribution in [0.4, 0.5) is 14.9 Å². The molecule has 0 unspecified atom stereocenters. The summed E-state index contributed by atoms with van der Waals surface area (Å²) in [7, 11) is 0. The highest BCUT2D eigenvalue weighted by molar-refractivity contribution is 5.91. The third-order valence-electron chi connectivity index (χ3n) is 3.36. The molecule has 1 heterocycles. The van der Waals surface area contributed by atoms with Crippen LogP contribution in [0, 0.1) is 5.82 Å². The molecule has 1 aliphatic rings. The Balaban J connectivity index is 2.15. The maximum atomic E-state index is 12.9. The number of anilines is 1. The first-order valence-corrected chi connectivity index (χ1v) is 6.15. The van der Waals surface area contributed by atoms with E-state index in [1.54, 1.807) is 4.90 Å². The van der Waals surface area contributed by atoms with Crippen LogP contribution in [0.1, 0.15) is 12.8 Å². The van der Waals surface area contributed by atoms with Crippen molar-refractivity contribution in [2.24, 2.45) is 5.73 Å². The van der Waals surface area contributed by atoms with Gasteiger partial charge >= 0.3 is 6.03 Å². The molecule has 2 N–H and O–H groups in total. The van der Waals surface area contributed by atoms with Crippen molar-refractivity contribution >= 4 is 18.1 Å². The van der Waals surface area contributed by atoms with Crippen molar-refractivity contribution in [3.05, 3.63) is 30.1 Å². The fourth-order valence-corrected chi connectivity index (χ4v) is 2.37. The SMILES string of the molecule is NC(=O)N(c1ccc(F)cc1)C1CCN(C=O)CC1. The number of carbonyl (C=O) groups excluding carboxylic acids is 2. The van der Waals surface area contributed by atoms with E-state index in [4.69, 9.17) is 5.73 Å². The lowest BCUT2D eigenvalue weighted by molar-refractivity contribution is -0.119. The van der Waals surface area contributed by atoms with E-state index < -0.39 is 6.03 Å². The maximum absolute atomic E-state index is 12.9. The summed E-state index contributed by atoms with van der Waals surface area (Å²) >= 11 is 0. The molecule has 102 valence electrons. The largest absolute Gasteiger partial charge is 0.351 e. The molecule has 0 radical (unpaired) electrons. The van der Waals surface area contributed by atoms with E-state index in [-0.39, 0.29) is 11.9 Å². The number of rotatable bonds is 3. The molecule has 19 heavy (non-hydrogen) atoms.